The molecule has 1 aromatic heterocycles. The Bertz CT molecular complexity index is 463. The predicted octanol–water partition coefficient (Wildman–Crippen LogP) is 3.12. The number of rotatable bonds is 5. The van der Waals surface area contributed by atoms with Crippen molar-refractivity contribution < 1.29 is 4.74 Å². The topological polar surface area (TPSA) is 24.5 Å². The van der Waals surface area contributed by atoms with Gasteiger partial charge in [0.15, 0.2) is 0 Å². The predicted molar refractivity (Wildman–Crippen MR) is 91.2 cm³/mol. The highest BCUT2D eigenvalue weighted by Crippen LogP contribution is 2.56. The van der Waals surface area contributed by atoms with E-state index in [0.717, 1.165) is 31.7 Å². The van der Waals surface area contributed by atoms with Crippen molar-refractivity contribution in [2.45, 2.75) is 44.7 Å². The van der Waals surface area contributed by atoms with E-state index in [1.165, 1.54) is 57.3 Å². The molecule has 2 aliphatic heterocycles. The molecule has 1 N–H and O–H groups in total. The third-order valence-corrected chi connectivity index (χ3v) is 6.72. The average Bonchev–Trinajstić information content (AvgIpc) is 2.99. The molecule has 1 saturated carbocycles. The van der Waals surface area contributed by atoms with Crippen LogP contribution in [0.25, 0.3) is 0 Å². The van der Waals surface area contributed by atoms with Crippen molar-refractivity contribution in [1.29, 1.82) is 0 Å². The zero-order chi connectivity index (χ0) is 14.8. The van der Waals surface area contributed by atoms with Crippen LogP contribution in [-0.4, -0.2) is 43.8 Å². The van der Waals surface area contributed by atoms with Gasteiger partial charge in [0.05, 0.1) is 0 Å². The van der Waals surface area contributed by atoms with Crippen LogP contribution in [0.5, 0.6) is 0 Å². The molecule has 0 amide bonds. The lowest BCUT2D eigenvalue weighted by atomic mass is 9.92. The van der Waals surface area contributed by atoms with Crippen molar-refractivity contribution >= 4 is 11.3 Å². The Morgan fingerprint density at radius 2 is 2.09 bits per heavy atom. The van der Waals surface area contributed by atoms with Gasteiger partial charge in [-0.05, 0) is 78.9 Å². The first kappa shape index (κ1) is 15.1. The summed E-state index contributed by atoms with van der Waals surface area (Å²) in [5, 5.41) is 8.08. The average molecular weight is 321 g/mol. The summed E-state index contributed by atoms with van der Waals surface area (Å²) in [6.07, 6.45) is 6.70. The largest absolute Gasteiger partial charge is 0.381 e. The molecule has 1 atom stereocenters. The van der Waals surface area contributed by atoms with Gasteiger partial charge in [0.25, 0.3) is 0 Å². The molecule has 3 fully saturated rings. The molecule has 3 heterocycles. The Balaban J connectivity index is 1.43. The summed E-state index contributed by atoms with van der Waals surface area (Å²) < 4.78 is 5.55. The molecule has 4 rings (SSSR count). The Morgan fingerprint density at radius 1 is 1.27 bits per heavy atom. The van der Waals surface area contributed by atoms with Crippen molar-refractivity contribution in [2.24, 2.45) is 11.3 Å². The highest BCUT2D eigenvalue weighted by Gasteiger charge is 2.56. The van der Waals surface area contributed by atoms with E-state index < -0.39 is 0 Å². The highest BCUT2D eigenvalue weighted by atomic mass is 32.1. The summed E-state index contributed by atoms with van der Waals surface area (Å²) >= 11 is 1.83. The number of thiophene rings is 1. The quantitative estimate of drug-likeness (QED) is 0.902. The van der Waals surface area contributed by atoms with Crippen molar-refractivity contribution in [1.82, 2.24) is 10.2 Å². The van der Waals surface area contributed by atoms with Crippen molar-refractivity contribution in [3.05, 3.63) is 22.4 Å². The number of nitrogens with one attached hydrogen (secondary N) is 1. The normalized spacial score (nSPS) is 28.3. The van der Waals surface area contributed by atoms with Gasteiger partial charge >= 0.3 is 0 Å². The Kier molecular flexibility index (Phi) is 4.54. The van der Waals surface area contributed by atoms with Crippen LogP contribution in [0.1, 0.15) is 37.7 Å². The molecule has 1 aliphatic carbocycles. The van der Waals surface area contributed by atoms with E-state index in [2.05, 4.69) is 27.0 Å². The van der Waals surface area contributed by atoms with E-state index in [1.807, 2.05) is 11.3 Å². The first-order valence-corrected chi connectivity index (χ1v) is 9.84. The Morgan fingerprint density at radius 3 is 2.82 bits per heavy atom. The van der Waals surface area contributed by atoms with E-state index >= 15 is 0 Å². The fourth-order valence-electron chi connectivity index (χ4n) is 4.48. The zero-order valence-electron chi connectivity index (χ0n) is 13.4. The van der Waals surface area contributed by atoms with Gasteiger partial charge in [0.2, 0.25) is 0 Å². The van der Waals surface area contributed by atoms with Crippen LogP contribution in [0.4, 0.5) is 0 Å². The third kappa shape index (κ3) is 3.25. The summed E-state index contributed by atoms with van der Waals surface area (Å²) in [4.78, 5) is 2.82. The smallest absolute Gasteiger partial charge is 0.0469 e. The Labute approximate surface area is 138 Å². The summed E-state index contributed by atoms with van der Waals surface area (Å²) in [7, 11) is 0. The molecule has 122 valence electrons. The summed E-state index contributed by atoms with van der Waals surface area (Å²) in [6, 6.07) is 3.14. The van der Waals surface area contributed by atoms with Gasteiger partial charge < -0.3 is 10.1 Å². The van der Waals surface area contributed by atoms with Crippen LogP contribution in [-0.2, 0) is 11.3 Å². The summed E-state index contributed by atoms with van der Waals surface area (Å²) in [5.74, 6) is 0.840. The van der Waals surface area contributed by atoms with E-state index in [4.69, 9.17) is 4.74 Å². The molecular formula is C18H28N2OS. The van der Waals surface area contributed by atoms with Crippen molar-refractivity contribution in [3.63, 3.8) is 0 Å². The number of nitrogens with zero attached hydrogens (tertiary/aromatic N) is 1. The molecular weight excluding hydrogens is 292 g/mol. The van der Waals surface area contributed by atoms with E-state index in [0.29, 0.717) is 5.41 Å². The molecule has 1 aromatic rings. The number of hydrogen-bond acceptors (Lipinski definition) is 4. The molecule has 22 heavy (non-hydrogen) atoms. The van der Waals surface area contributed by atoms with Gasteiger partial charge in [0, 0.05) is 32.3 Å². The van der Waals surface area contributed by atoms with Gasteiger partial charge in [-0.2, -0.15) is 11.3 Å². The maximum atomic E-state index is 5.55. The van der Waals surface area contributed by atoms with Gasteiger partial charge in [-0.3, -0.25) is 4.90 Å². The number of piperidine rings is 1. The van der Waals surface area contributed by atoms with Crippen LogP contribution in [0.2, 0.25) is 0 Å². The summed E-state index contributed by atoms with van der Waals surface area (Å²) in [6.45, 7) is 6.81. The zero-order valence-corrected chi connectivity index (χ0v) is 14.2. The van der Waals surface area contributed by atoms with Crippen LogP contribution >= 0.6 is 11.3 Å². The van der Waals surface area contributed by atoms with Gasteiger partial charge in [-0.1, -0.05) is 0 Å². The monoisotopic (exact) mass is 320 g/mol. The fraction of sp³-hybridized carbons (Fsp3) is 0.778. The standard InChI is InChI=1S/C18H28N2OS/c1-8-21-9-2-15(1)12-20(13-16-3-10-22-14-16)17-11-18(17)4-6-19-7-5-18/h3,10,14-15,17,19H,1-2,4-9,11-13H2. The van der Waals surface area contributed by atoms with Gasteiger partial charge in [0.1, 0.15) is 0 Å². The lowest BCUT2D eigenvalue weighted by Gasteiger charge is -2.33. The van der Waals surface area contributed by atoms with E-state index in [-0.39, 0.29) is 0 Å². The SMILES string of the molecule is c1cc(CN(CC2CCOCC2)C2CC23CCNCC3)cs1. The molecule has 1 unspecified atom stereocenters. The molecule has 3 nitrogen and oxygen atoms in total. The maximum absolute atomic E-state index is 5.55. The molecule has 1 spiro atoms. The van der Waals surface area contributed by atoms with Gasteiger partial charge in [-0.15, -0.1) is 0 Å². The first-order valence-electron chi connectivity index (χ1n) is 8.89. The van der Waals surface area contributed by atoms with Crippen LogP contribution in [0.15, 0.2) is 16.8 Å². The van der Waals surface area contributed by atoms with Crippen LogP contribution < -0.4 is 5.32 Å². The third-order valence-electron chi connectivity index (χ3n) is 5.99. The van der Waals surface area contributed by atoms with E-state index in [9.17, 15) is 0 Å². The van der Waals surface area contributed by atoms with Crippen molar-refractivity contribution in [3.8, 4) is 0 Å². The second-order valence-electron chi connectivity index (χ2n) is 7.45. The number of hydrogen-bond donors (Lipinski definition) is 1. The minimum atomic E-state index is 0.645. The molecule has 0 bridgehead atoms. The van der Waals surface area contributed by atoms with Crippen LogP contribution in [0.3, 0.4) is 0 Å². The summed E-state index contributed by atoms with van der Waals surface area (Å²) in [5.41, 5.74) is 2.15. The van der Waals surface area contributed by atoms with Crippen molar-refractivity contribution in [2.75, 3.05) is 32.8 Å². The molecule has 0 aromatic carbocycles. The lowest BCUT2D eigenvalue weighted by molar-refractivity contribution is 0.0468. The minimum Gasteiger partial charge on any atom is -0.381 e. The van der Waals surface area contributed by atoms with Gasteiger partial charge in [-0.25, -0.2) is 0 Å². The number of ether oxygens (including phenoxy) is 1. The molecule has 0 radical (unpaired) electrons. The van der Waals surface area contributed by atoms with Crippen LogP contribution in [0, 0.1) is 11.3 Å². The fourth-order valence-corrected chi connectivity index (χ4v) is 5.14. The molecule has 4 heteroatoms. The lowest BCUT2D eigenvalue weighted by Crippen LogP contribution is -2.39. The maximum Gasteiger partial charge on any atom is 0.0469 e. The Hall–Kier alpha value is -0.420. The second kappa shape index (κ2) is 6.60. The minimum absolute atomic E-state index is 0.645. The molecule has 3 aliphatic rings. The first-order chi connectivity index (χ1) is 10.9. The highest BCUT2D eigenvalue weighted by molar-refractivity contribution is 7.07. The second-order valence-corrected chi connectivity index (χ2v) is 8.23. The molecule has 2 saturated heterocycles. The van der Waals surface area contributed by atoms with E-state index in [1.54, 1.807) is 0 Å².